The van der Waals surface area contributed by atoms with E-state index >= 15 is 0 Å². The minimum atomic E-state index is 0.781. The molecule has 0 amide bonds. The molecule has 0 saturated heterocycles. The lowest BCUT2D eigenvalue weighted by atomic mass is 9.94. The third-order valence-corrected chi connectivity index (χ3v) is 9.19. The van der Waals surface area contributed by atoms with Crippen molar-refractivity contribution in [2.75, 3.05) is 0 Å². The van der Waals surface area contributed by atoms with E-state index in [0.29, 0.717) is 0 Å². The molecular weight excluding hydrogens is 468 g/mol. The average Bonchev–Trinajstić information content (AvgIpc) is 2.95. The third kappa shape index (κ3) is 33.8. The third-order valence-electron chi connectivity index (χ3n) is 9.19. The van der Waals surface area contributed by atoms with Gasteiger partial charge in [0.25, 0.3) is 0 Å². The van der Waals surface area contributed by atoms with Crippen LogP contribution in [0.25, 0.3) is 0 Å². The van der Waals surface area contributed by atoms with Gasteiger partial charge in [-0.05, 0) is 18.8 Å². The van der Waals surface area contributed by atoms with Gasteiger partial charge < -0.3 is 0 Å². The average molecular weight is 547 g/mol. The van der Waals surface area contributed by atoms with Crippen molar-refractivity contribution in [2.24, 2.45) is 5.92 Å². The maximum Gasteiger partial charge on any atom is -0.0236 e. The van der Waals surface area contributed by atoms with Crippen LogP contribution in [0.1, 0.15) is 232 Å². The summed E-state index contributed by atoms with van der Waals surface area (Å²) >= 11 is 0. The Balaban J connectivity index is 3.25. The molecule has 0 bridgehead atoms. The number of rotatable bonds is 35. The molecule has 39 heavy (non-hydrogen) atoms. The fourth-order valence-corrected chi connectivity index (χ4v) is 6.29. The smallest absolute Gasteiger partial charge is 0.0236 e. The first kappa shape index (κ1) is 38.7. The highest BCUT2D eigenvalue weighted by atomic mass is 14.1. The molecule has 0 unspecified atom stereocenters. The molecule has 0 spiro atoms. The molecule has 0 saturated carbocycles. The zero-order valence-corrected chi connectivity index (χ0v) is 27.9. The first-order chi connectivity index (χ1) is 19.3. The molecule has 0 aliphatic rings. The maximum absolute atomic E-state index is 4.14. The van der Waals surface area contributed by atoms with E-state index in [9.17, 15) is 0 Å². The van der Waals surface area contributed by atoms with Crippen LogP contribution in [0.2, 0.25) is 0 Å². The van der Waals surface area contributed by atoms with Crippen LogP contribution in [0.15, 0.2) is 12.7 Å². The summed E-state index contributed by atoms with van der Waals surface area (Å²) in [4.78, 5) is 0. The quantitative estimate of drug-likeness (QED) is 0.0547. The minimum absolute atomic E-state index is 0.781. The van der Waals surface area contributed by atoms with E-state index in [0.717, 1.165) is 5.92 Å². The summed E-state index contributed by atoms with van der Waals surface area (Å²) in [5.41, 5.74) is 0. The Morgan fingerprint density at radius 1 is 0.308 bits per heavy atom. The SMILES string of the molecule is C=CC(CCCCCCCCCCCCCCCCCC)CCCCCCCCCCCCCCCCCC. The molecule has 0 aliphatic heterocycles. The van der Waals surface area contributed by atoms with Crippen LogP contribution in [-0.4, -0.2) is 0 Å². The Bertz CT molecular complexity index is 388. The highest BCUT2D eigenvalue weighted by Gasteiger charge is 2.04. The van der Waals surface area contributed by atoms with Gasteiger partial charge >= 0.3 is 0 Å². The van der Waals surface area contributed by atoms with Gasteiger partial charge in [0.15, 0.2) is 0 Å². The molecule has 0 nitrogen and oxygen atoms in total. The molecule has 0 atom stereocenters. The fraction of sp³-hybridized carbons (Fsp3) is 0.949. The van der Waals surface area contributed by atoms with Crippen molar-refractivity contribution in [1.82, 2.24) is 0 Å². The molecule has 0 aliphatic carbocycles. The van der Waals surface area contributed by atoms with Crippen molar-refractivity contribution in [3.05, 3.63) is 12.7 Å². The summed E-state index contributed by atoms with van der Waals surface area (Å²) < 4.78 is 0. The number of allylic oxidation sites excluding steroid dienone is 1. The van der Waals surface area contributed by atoms with Gasteiger partial charge in [-0.25, -0.2) is 0 Å². The molecule has 0 aromatic heterocycles. The Hall–Kier alpha value is -0.260. The van der Waals surface area contributed by atoms with Crippen molar-refractivity contribution in [1.29, 1.82) is 0 Å². The lowest BCUT2D eigenvalue weighted by molar-refractivity contribution is 0.461. The Labute approximate surface area is 250 Å². The summed E-state index contributed by atoms with van der Waals surface area (Å²) in [5.74, 6) is 0.781. The van der Waals surface area contributed by atoms with Gasteiger partial charge in [0.1, 0.15) is 0 Å². The summed E-state index contributed by atoms with van der Waals surface area (Å²) in [6.45, 7) is 8.76. The van der Waals surface area contributed by atoms with Crippen molar-refractivity contribution in [2.45, 2.75) is 232 Å². The molecule has 0 rings (SSSR count). The highest BCUT2D eigenvalue weighted by Crippen LogP contribution is 2.21. The van der Waals surface area contributed by atoms with Gasteiger partial charge in [-0.2, -0.15) is 0 Å². The summed E-state index contributed by atoms with van der Waals surface area (Å²) in [6, 6.07) is 0. The zero-order chi connectivity index (χ0) is 28.3. The zero-order valence-electron chi connectivity index (χ0n) is 27.9. The molecule has 0 heteroatoms. The van der Waals surface area contributed by atoms with Gasteiger partial charge in [-0.15, -0.1) is 6.58 Å². The van der Waals surface area contributed by atoms with Gasteiger partial charge in [-0.3, -0.25) is 0 Å². The van der Waals surface area contributed by atoms with Crippen LogP contribution in [0.5, 0.6) is 0 Å². The molecule has 0 heterocycles. The highest BCUT2D eigenvalue weighted by molar-refractivity contribution is 4.78. The Morgan fingerprint density at radius 2 is 0.487 bits per heavy atom. The minimum Gasteiger partial charge on any atom is -0.103 e. The standard InChI is InChI=1S/C39H78/c1-4-7-9-11-13-15-17-19-21-23-25-27-29-31-33-35-37-39(6-3)38-36-34-32-30-28-26-24-22-20-18-16-14-12-10-8-5-2/h6,39H,3-5,7-38H2,1-2H3. The monoisotopic (exact) mass is 547 g/mol. The Kier molecular flexibility index (Phi) is 35.5. The van der Waals surface area contributed by atoms with Crippen LogP contribution in [0.4, 0.5) is 0 Å². The van der Waals surface area contributed by atoms with Crippen LogP contribution < -0.4 is 0 Å². The second kappa shape index (κ2) is 35.8. The van der Waals surface area contributed by atoms with Gasteiger partial charge in [0.05, 0.1) is 0 Å². The maximum atomic E-state index is 4.14. The molecule has 0 radical (unpaired) electrons. The van der Waals surface area contributed by atoms with Crippen molar-refractivity contribution < 1.29 is 0 Å². The summed E-state index contributed by atoms with van der Waals surface area (Å²) in [5, 5.41) is 0. The molecule has 0 N–H and O–H groups in total. The largest absolute Gasteiger partial charge is 0.103 e. The molecule has 0 fully saturated rings. The second-order valence-electron chi connectivity index (χ2n) is 13.2. The van der Waals surface area contributed by atoms with Crippen LogP contribution in [-0.2, 0) is 0 Å². The fourth-order valence-electron chi connectivity index (χ4n) is 6.29. The van der Waals surface area contributed by atoms with Gasteiger partial charge in [0, 0.05) is 0 Å². The van der Waals surface area contributed by atoms with Gasteiger partial charge in [-0.1, -0.05) is 225 Å². The normalized spacial score (nSPS) is 11.6. The van der Waals surface area contributed by atoms with E-state index in [2.05, 4.69) is 26.5 Å². The van der Waals surface area contributed by atoms with Crippen LogP contribution >= 0.6 is 0 Å². The van der Waals surface area contributed by atoms with E-state index in [-0.39, 0.29) is 0 Å². The van der Waals surface area contributed by atoms with Crippen LogP contribution in [0.3, 0.4) is 0 Å². The Morgan fingerprint density at radius 3 is 0.667 bits per heavy atom. The van der Waals surface area contributed by atoms with E-state index in [4.69, 9.17) is 0 Å². The van der Waals surface area contributed by atoms with E-state index in [1.165, 1.54) is 218 Å². The number of unbranched alkanes of at least 4 members (excludes halogenated alkanes) is 30. The van der Waals surface area contributed by atoms with E-state index in [1.54, 1.807) is 0 Å². The summed E-state index contributed by atoms with van der Waals surface area (Å²) in [7, 11) is 0. The van der Waals surface area contributed by atoms with Gasteiger partial charge in [0.2, 0.25) is 0 Å². The molecule has 0 aromatic carbocycles. The topological polar surface area (TPSA) is 0 Å². The number of hydrogen-bond acceptors (Lipinski definition) is 0. The van der Waals surface area contributed by atoms with Crippen molar-refractivity contribution in [3.8, 4) is 0 Å². The summed E-state index contributed by atoms with van der Waals surface area (Å²) in [6.07, 6.45) is 51.8. The molecular formula is C39H78. The van der Waals surface area contributed by atoms with Crippen molar-refractivity contribution in [3.63, 3.8) is 0 Å². The van der Waals surface area contributed by atoms with Crippen molar-refractivity contribution >= 4 is 0 Å². The second-order valence-corrected chi connectivity index (χ2v) is 13.2. The first-order valence-corrected chi connectivity index (χ1v) is 19.0. The first-order valence-electron chi connectivity index (χ1n) is 19.0. The van der Waals surface area contributed by atoms with E-state index < -0.39 is 0 Å². The van der Waals surface area contributed by atoms with Crippen LogP contribution in [0, 0.1) is 5.92 Å². The molecule has 234 valence electrons. The number of hydrogen-bond donors (Lipinski definition) is 0. The van der Waals surface area contributed by atoms with E-state index in [1.807, 2.05) is 0 Å². The lowest BCUT2D eigenvalue weighted by Crippen LogP contribution is -1.97. The predicted octanol–water partition coefficient (Wildman–Crippen LogP) is 15.1. The predicted molar refractivity (Wildman–Crippen MR) is 182 cm³/mol. The lowest BCUT2D eigenvalue weighted by Gasteiger charge is -2.12. The molecule has 0 aromatic rings.